The van der Waals surface area contributed by atoms with E-state index in [1.165, 1.54) is 128 Å². The van der Waals surface area contributed by atoms with Gasteiger partial charge >= 0.3 is 11.9 Å². The molecule has 6 atom stereocenters. The van der Waals surface area contributed by atoms with E-state index in [2.05, 4.69) is 19.9 Å². The van der Waals surface area contributed by atoms with E-state index in [1.807, 2.05) is 54.7 Å². The highest BCUT2D eigenvalue weighted by Crippen LogP contribution is 2.23. The van der Waals surface area contributed by atoms with Crippen molar-refractivity contribution in [2.75, 3.05) is 19.8 Å². The molecule has 0 aromatic rings. The second-order valence-corrected chi connectivity index (χ2v) is 16.7. The molecule has 0 bridgehead atoms. The lowest BCUT2D eigenvalue weighted by atomic mass is 9.99. The molecule has 1 rings (SSSR count). The summed E-state index contributed by atoms with van der Waals surface area (Å²) in [6.45, 7) is 3.22. The van der Waals surface area contributed by atoms with E-state index in [1.54, 1.807) is 0 Å². The number of allylic oxidation sites excluding steroid dienone is 10. The first-order valence-corrected chi connectivity index (χ1v) is 24.4. The Labute approximate surface area is 370 Å². The first-order chi connectivity index (χ1) is 29.8. The molecule has 1 heterocycles. The highest BCUT2D eigenvalue weighted by atomic mass is 16.7. The number of aliphatic hydroxyl groups excluding tert-OH is 4. The van der Waals surface area contributed by atoms with Crippen LogP contribution in [0, 0.1) is 0 Å². The average Bonchev–Trinajstić information content (AvgIpc) is 3.26. The summed E-state index contributed by atoms with van der Waals surface area (Å²) in [6.07, 6.45) is 44.0. The summed E-state index contributed by atoms with van der Waals surface area (Å²) in [6, 6.07) is 0. The smallest absolute Gasteiger partial charge is 0.306 e. The minimum Gasteiger partial charge on any atom is -0.462 e. The lowest BCUT2D eigenvalue weighted by Gasteiger charge is -2.39. The Morgan fingerprint density at radius 3 is 1.44 bits per heavy atom. The second kappa shape index (κ2) is 41.4. The topological polar surface area (TPSA) is 152 Å². The largest absolute Gasteiger partial charge is 0.462 e. The van der Waals surface area contributed by atoms with E-state index in [9.17, 15) is 30.0 Å². The van der Waals surface area contributed by atoms with E-state index in [0.717, 1.165) is 25.7 Å². The Bertz CT molecular complexity index is 1180. The molecular weight excluding hydrogens is 773 g/mol. The molecule has 3 unspecified atom stereocenters. The van der Waals surface area contributed by atoms with Crippen molar-refractivity contribution in [3.63, 3.8) is 0 Å². The van der Waals surface area contributed by atoms with Gasteiger partial charge in [-0.3, -0.25) is 9.59 Å². The first kappa shape index (κ1) is 56.4. The maximum absolute atomic E-state index is 12.7. The Hall–Kier alpha value is -2.60. The van der Waals surface area contributed by atoms with Crippen LogP contribution in [0.1, 0.15) is 194 Å². The van der Waals surface area contributed by atoms with E-state index < -0.39 is 55.4 Å². The van der Waals surface area contributed by atoms with Gasteiger partial charge in [0.1, 0.15) is 31.0 Å². The molecule has 10 nitrogen and oxygen atoms in total. The predicted octanol–water partition coefficient (Wildman–Crippen LogP) is 11.0. The van der Waals surface area contributed by atoms with Crippen LogP contribution in [-0.4, -0.2) is 89.0 Å². The van der Waals surface area contributed by atoms with Crippen LogP contribution in [0.2, 0.25) is 0 Å². The Morgan fingerprint density at radius 1 is 0.525 bits per heavy atom. The number of aliphatic hydroxyl groups is 4. The normalized spacial score (nSPS) is 20.3. The van der Waals surface area contributed by atoms with Crippen molar-refractivity contribution in [3.05, 3.63) is 60.8 Å². The third-order valence-electron chi connectivity index (χ3n) is 11.0. The van der Waals surface area contributed by atoms with Gasteiger partial charge in [-0.2, -0.15) is 0 Å². The van der Waals surface area contributed by atoms with Gasteiger partial charge in [0.25, 0.3) is 0 Å². The molecule has 0 spiro atoms. The van der Waals surface area contributed by atoms with Crippen LogP contribution in [0.25, 0.3) is 0 Å². The summed E-state index contributed by atoms with van der Waals surface area (Å²) in [7, 11) is 0. The van der Waals surface area contributed by atoms with Crippen LogP contribution in [0.5, 0.6) is 0 Å². The standard InChI is InChI=1S/C51H88O10/c1-3-5-7-9-11-13-15-17-18-19-20-21-22-23-24-25-26-28-29-31-33-35-37-39-46(53)58-42-44(43-59-51-50(57)49(56)48(55)45(41-52)61-51)60-47(54)40-38-36-34-32-30-27-16-14-12-10-8-6-4-2/h6,8,10,12,14,16,27,30,32,34,44-45,48-52,55-57H,3-5,7,9,11,13,15,17-26,28-29,31,33,35-43H2,1-2H3/b8-6+,12-10+,16-14+,30-27+,34-32+/t44?,45-,48+,49?,50?,51-/m0/s1. The van der Waals surface area contributed by atoms with Gasteiger partial charge in [-0.25, -0.2) is 0 Å². The molecule has 0 saturated carbocycles. The Morgan fingerprint density at radius 2 is 0.967 bits per heavy atom. The van der Waals surface area contributed by atoms with Crippen molar-refractivity contribution in [3.8, 4) is 0 Å². The highest BCUT2D eigenvalue weighted by molar-refractivity contribution is 5.70. The number of rotatable bonds is 40. The molecule has 352 valence electrons. The van der Waals surface area contributed by atoms with E-state index in [0.29, 0.717) is 12.8 Å². The second-order valence-electron chi connectivity index (χ2n) is 16.7. The van der Waals surface area contributed by atoms with E-state index in [4.69, 9.17) is 18.9 Å². The van der Waals surface area contributed by atoms with E-state index >= 15 is 0 Å². The van der Waals surface area contributed by atoms with Gasteiger partial charge in [-0.1, -0.05) is 216 Å². The van der Waals surface area contributed by atoms with Crippen LogP contribution in [0.3, 0.4) is 0 Å². The SMILES string of the molecule is CC/C=C/C=C/C=C/C=C/C=C/CCCC(=O)OC(COC(=O)CCCCCCCCCCCCCCCCCCCCCCCCC)CO[C@H]1O[C@@H](CO)[C@@H](O)C(O)C1O. The van der Waals surface area contributed by atoms with Crippen molar-refractivity contribution in [1.29, 1.82) is 0 Å². The fraction of sp³-hybridized carbons (Fsp3) is 0.765. The zero-order chi connectivity index (χ0) is 44.4. The molecule has 1 aliphatic rings. The van der Waals surface area contributed by atoms with Gasteiger partial charge in [0, 0.05) is 12.8 Å². The van der Waals surface area contributed by atoms with Crippen LogP contribution < -0.4 is 0 Å². The van der Waals surface area contributed by atoms with Crippen LogP contribution in [0.15, 0.2) is 60.8 Å². The number of carbonyl (C=O) groups excluding carboxylic acids is 2. The van der Waals surface area contributed by atoms with Gasteiger partial charge < -0.3 is 39.4 Å². The molecule has 4 N–H and O–H groups in total. The van der Waals surface area contributed by atoms with Gasteiger partial charge in [-0.15, -0.1) is 0 Å². The Balaban J connectivity index is 2.26. The molecule has 0 aromatic heterocycles. The number of unbranched alkanes of at least 4 members (excludes halogenated alkanes) is 23. The first-order valence-electron chi connectivity index (χ1n) is 24.4. The fourth-order valence-electron chi connectivity index (χ4n) is 7.22. The van der Waals surface area contributed by atoms with Crippen LogP contribution in [0.4, 0.5) is 0 Å². The Kier molecular flexibility index (Phi) is 38.3. The average molecular weight is 861 g/mol. The number of esters is 2. The van der Waals surface area contributed by atoms with Gasteiger partial charge in [0.2, 0.25) is 0 Å². The van der Waals surface area contributed by atoms with Gasteiger partial charge in [0.05, 0.1) is 13.2 Å². The van der Waals surface area contributed by atoms with Crippen molar-refractivity contribution in [1.82, 2.24) is 0 Å². The monoisotopic (exact) mass is 861 g/mol. The molecule has 0 amide bonds. The van der Waals surface area contributed by atoms with Gasteiger partial charge in [0.15, 0.2) is 12.4 Å². The number of ether oxygens (including phenoxy) is 4. The molecule has 10 heteroatoms. The summed E-state index contributed by atoms with van der Waals surface area (Å²) in [5, 5.41) is 40.1. The van der Waals surface area contributed by atoms with E-state index in [-0.39, 0.29) is 26.1 Å². The van der Waals surface area contributed by atoms with Crippen LogP contribution >= 0.6 is 0 Å². The third-order valence-corrected chi connectivity index (χ3v) is 11.0. The van der Waals surface area contributed by atoms with Crippen molar-refractivity contribution >= 4 is 11.9 Å². The number of carbonyl (C=O) groups is 2. The predicted molar refractivity (Wildman–Crippen MR) is 247 cm³/mol. The summed E-state index contributed by atoms with van der Waals surface area (Å²) >= 11 is 0. The van der Waals surface area contributed by atoms with Crippen molar-refractivity contribution < 1.29 is 49.0 Å². The lowest BCUT2D eigenvalue weighted by molar-refractivity contribution is -0.305. The number of hydrogen-bond acceptors (Lipinski definition) is 10. The summed E-state index contributed by atoms with van der Waals surface area (Å²) in [5.41, 5.74) is 0. The zero-order valence-electron chi connectivity index (χ0n) is 38.4. The summed E-state index contributed by atoms with van der Waals surface area (Å²) in [5.74, 6) is -0.890. The molecule has 61 heavy (non-hydrogen) atoms. The molecule has 0 aromatic carbocycles. The quantitative estimate of drug-likeness (QED) is 0.0266. The minimum atomic E-state index is -1.61. The highest BCUT2D eigenvalue weighted by Gasteiger charge is 2.44. The molecule has 0 radical (unpaired) electrons. The molecule has 1 fully saturated rings. The maximum atomic E-state index is 12.7. The zero-order valence-corrected chi connectivity index (χ0v) is 38.4. The summed E-state index contributed by atoms with van der Waals surface area (Å²) in [4.78, 5) is 25.3. The van der Waals surface area contributed by atoms with Crippen LogP contribution in [-0.2, 0) is 28.5 Å². The molecule has 1 aliphatic heterocycles. The molecule has 0 aliphatic carbocycles. The molecular formula is C51H88O10. The molecule has 1 saturated heterocycles. The maximum Gasteiger partial charge on any atom is 0.306 e. The van der Waals surface area contributed by atoms with Gasteiger partial charge in [-0.05, 0) is 25.7 Å². The van der Waals surface area contributed by atoms with Crippen molar-refractivity contribution in [2.45, 2.75) is 230 Å². The van der Waals surface area contributed by atoms with Crippen molar-refractivity contribution in [2.24, 2.45) is 0 Å². The number of hydrogen-bond donors (Lipinski definition) is 4. The third kappa shape index (κ3) is 32.7. The minimum absolute atomic E-state index is 0.133. The lowest BCUT2D eigenvalue weighted by Crippen LogP contribution is -2.59. The summed E-state index contributed by atoms with van der Waals surface area (Å²) < 4.78 is 22.1. The fourth-order valence-corrected chi connectivity index (χ4v) is 7.22.